The number of aromatic nitrogens is 3. The van der Waals surface area contributed by atoms with Gasteiger partial charge in [-0.1, -0.05) is 18.2 Å². The minimum atomic E-state index is -2.89. The number of fused-ring (bicyclic) bond motifs is 1. The number of pyridine rings is 1. The van der Waals surface area contributed by atoms with Gasteiger partial charge in [0.05, 0.1) is 23.3 Å². The predicted octanol–water partition coefficient (Wildman–Crippen LogP) is 4.68. The highest BCUT2D eigenvalue weighted by molar-refractivity contribution is 6.28. The molecule has 1 aliphatic rings. The van der Waals surface area contributed by atoms with Crippen LogP contribution in [0.4, 0.5) is 24.8 Å². The number of anilines is 2. The molecular formula is C21H22ClF3N6. The van der Waals surface area contributed by atoms with Crippen molar-refractivity contribution < 1.29 is 13.2 Å². The summed E-state index contributed by atoms with van der Waals surface area (Å²) >= 11 is 6.08. The fourth-order valence-electron chi connectivity index (χ4n) is 3.67. The van der Waals surface area contributed by atoms with Crippen molar-refractivity contribution in [2.45, 2.75) is 19.4 Å². The lowest BCUT2D eigenvalue weighted by Gasteiger charge is -2.33. The van der Waals surface area contributed by atoms with Crippen LogP contribution in [-0.4, -0.2) is 53.1 Å². The van der Waals surface area contributed by atoms with E-state index in [0.29, 0.717) is 16.7 Å². The molecule has 1 fully saturated rings. The van der Waals surface area contributed by atoms with Crippen molar-refractivity contribution in [3.63, 3.8) is 0 Å². The second kappa shape index (κ2) is 8.84. The molecule has 1 N–H and O–H groups in total. The highest BCUT2D eigenvalue weighted by Gasteiger charge is 2.21. The number of likely N-dealkylation sites (N-methyl/N-ethyl adjacent to an activating group) is 1. The average Bonchev–Trinajstić information content (AvgIpc) is 2.74. The molecular weight excluding hydrogens is 429 g/mol. The molecule has 6 nitrogen and oxygen atoms in total. The average molecular weight is 451 g/mol. The summed E-state index contributed by atoms with van der Waals surface area (Å²) in [5.41, 5.74) is 0.0293. The largest absolute Gasteiger partial charge is 0.363 e. The molecule has 3 aromatic rings. The summed E-state index contributed by atoms with van der Waals surface area (Å²) in [7, 11) is 2.08. The van der Waals surface area contributed by atoms with Gasteiger partial charge in [-0.25, -0.2) is 28.1 Å². The van der Waals surface area contributed by atoms with E-state index in [0.717, 1.165) is 38.1 Å². The highest BCUT2D eigenvalue weighted by Crippen LogP contribution is 2.31. The molecule has 164 valence electrons. The van der Waals surface area contributed by atoms with Crippen LogP contribution >= 0.6 is 11.6 Å². The molecule has 4 rings (SSSR count). The Labute approximate surface area is 183 Å². The Morgan fingerprint density at radius 1 is 1.10 bits per heavy atom. The van der Waals surface area contributed by atoms with Crippen LogP contribution in [0.5, 0.6) is 0 Å². The third-order valence-corrected chi connectivity index (χ3v) is 5.65. The van der Waals surface area contributed by atoms with Crippen LogP contribution in [0.2, 0.25) is 5.28 Å². The molecule has 1 aliphatic heterocycles. The Morgan fingerprint density at radius 2 is 1.81 bits per heavy atom. The standard InChI is InChI=1S/C21H22ClF3N6/c1-12(13-4-3-5-14(18(13)23)19(24)25)27-20-15-10-17(31-8-6-30(2)7-9-31)26-11-16(15)28-21(22)29-20/h3-5,10-12,19H,6-9H2,1-2H3,(H,27,28,29)/t12-/m1/s1. The molecule has 10 heteroatoms. The fraction of sp³-hybridized carbons (Fsp3) is 0.381. The molecule has 0 unspecified atom stereocenters. The fourth-order valence-corrected chi connectivity index (χ4v) is 3.84. The Hall–Kier alpha value is -2.65. The number of halogens is 4. The smallest absolute Gasteiger partial charge is 0.266 e. The van der Waals surface area contributed by atoms with Crippen molar-refractivity contribution in [3.05, 3.63) is 52.7 Å². The summed E-state index contributed by atoms with van der Waals surface area (Å²) < 4.78 is 40.8. The maximum atomic E-state index is 14.6. The zero-order valence-electron chi connectivity index (χ0n) is 17.1. The molecule has 31 heavy (non-hydrogen) atoms. The van der Waals surface area contributed by atoms with E-state index < -0.39 is 23.8 Å². The number of nitrogens with one attached hydrogen (secondary N) is 1. The van der Waals surface area contributed by atoms with E-state index >= 15 is 0 Å². The molecule has 3 heterocycles. The number of piperazine rings is 1. The number of benzene rings is 1. The molecule has 2 aromatic heterocycles. The quantitative estimate of drug-likeness (QED) is 0.570. The van der Waals surface area contributed by atoms with Gasteiger partial charge in [-0.3, -0.25) is 0 Å². The lowest BCUT2D eigenvalue weighted by molar-refractivity contribution is 0.146. The first-order chi connectivity index (χ1) is 14.8. The lowest BCUT2D eigenvalue weighted by Crippen LogP contribution is -2.44. The van der Waals surface area contributed by atoms with Crippen molar-refractivity contribution in [2.24, 2.45) is 0 Å². The highest BCUT2D eigenvalue weighted by atomic mass is 35.5. The van der Waals surface area contributed by atoms with Crippen LogP contribution in [0.25, 0.3) is 10.9 Å². The molecule has 1 aromatic carbocycles. The van der Waals surface area contributed by atoms with Gasteiger partial charge in [0.15, 0.2) is 0 Å². The van der Waals surface area contributed by atoms with Crippen molar-refractivity contribution >= 4 is 34.1 Å². The van der Waals surface area contributed by atoms with Crippen LogP contribution in [0.15, 0.2) is 30.5 Å². The van der Waals surface area contributed by atoms with E-state index in [2.05, 4.69) is 37.1 Å². The maximum absolute atomic E-state index is 14.6. The minimum absolute atomic E-state index is 0.0122. The summed E-state index contributed by atoms with van der Waals surface area (Å²) in [6.45, 7) is 5.22. The molecule has 0 bridgehead atoms. The second-order valence-electron chi connectivity index (χ2n) is 7.61. The summed E-state index contributed by atoms with van der Waals surface area (Å²) in [6, 6.07) is 5.21. The molecule has 1 saturated heterocycles. The monoisotopic (exact) mass is 450 g/mol. The van der Waals surface area contributed by atoms with E-state index in [1.165, 1.54) is 12.1 Å². The Balaban J connectivity index is 1.68. The first-order valence-corrected chi connectivity index (χ1v) is 10.3. The first kappa shape index (κ1) is 21.6. The Bertz CT molecular complexity index is 1090. The van der Waals surface area contributed by atoms with E-state index in [-0.39, 0.29) is 10.8 Å². The lowest BCUT2D eigenvalue weighted by atomic mass is 10.0. The summed E-state index contributed by atoms with van der Waals surface area (Å²) in [6.07, 6.45) is -1.26. The van der Waals surface area contributed by atoms with Crippen LogP contribution in [0.1, 0.15) is 30.5 Å². The molecule has 1 atom stereocenters. The third-order valence-electron chi connectivity index (χ3n) is 5.48. The molecule has 0 amide bonds. The van der Waals surface area contributed by atoms with Gasteiger partial charge in [-0.2, -0.15) is 0 Å². The number of hydrogen-bond donors (Lipinski definition) is 1. The van der Waals surface area contributed by atoms with Gasteiger partial charge in [-0.15, -0.1) is 0 Å². The normalized spacial score (nSPS) is 16.2. The van der Waals surface area contributed by atoms with Gasteiger partial charge in [0.1, 0.15) is 17.5 Å². The van der Waals surface area contributed by atoms with Crippen LogP contribution in [0.3, 0.4) is 0 Å². The van der Waals surface area contributed by atoms with Gasteiger partial charge >= 0.3 is 0 Å². The summed E-state index contributed by atoms with van der Waals surface area (Å²) in [5.74, 6) is 0.247. The van der Waals surface area contributed by atoms with E-state index in [9.17, 15) is 13.2 Å². The van der Waals surface area contributed by atoms with Gasteiger partial charge in [0, 0.05) is 37.1 Å². The van der Waals surface area contributed by atoms with Gasteiger partial charge in [0.2, 0.25) is 5.28 Å². The van der Waals surface area contributed by atoms with Gasteiger partial charge in [-0.05, 0) is 31.6 Å². The maximum Gasteiger partial charge on any atom is 0.266 e. The van der Waals surface area contributed by atoms with Crippen LogP contribution < -0.4 is 10.2 Å². The number of rotatable bonds is 5. The topological polar surface area (TPSA) is 57.2 Å². The van der Waals surface area contributed by atoms with E-state index in [1.54, 1.807) is 13.1 Å². The second-order valence-corrected chi connectivity index (χ2v) is 7.95. The number of hydrogen-bond acceptors (Lipinski definition) is 6. The van der Waals surface area contributed by atoms with Crippen molar-refractivity contribution in [3.8, 4) is 0 Å². The van der Waals surface area contributed by atoms with E-state index in [1.807, 2.05) is 6.07 Å². The third kappa shape index (κ3) is 4.52. The van der Waals surface area contributed by atoms with Crippen LogP contribution in [0, 0.1) is 5.82 Å². The van der Waals surface area contributed by atoms with Crippen molar-refractivity contribution in [1.29, 1.82) is 0 Å². The van der Waals surface area contributed by atoms with E-state index in [4.69, 9.17) is 11.6 Å². The molecule has 0 spiro atoms. The Morgan fingerprint density at radius 3 is 2.52 bits per heavy atom. The predicted molar refractivity (Wildman–Crippen MR) is 115 cm³/mol. The molecule has 0 aliphatic carbocycles. The SMILES string of the molecule is C[C@@H](Nc1nc(Cl)nc2cnc(N3CCN(C)CC3)cc12)c1cccc(C(F)F)c1F. The zero-order valence-corrected chi connectivity index (χ0v) is 17.9. The minimum Gasteiger partial charge on any atom is -0.363 e. The van der Waals surface area contributed by atoms with Crippen molar-refractivity contribution in [2.75, 3.05) is 43.4 Å². The summed E-state index contributed by atoms with van der Waals surface area (Å²) in [5, 5.41) is 3.80. The summed E-state index contributed by atoms with van der Waals surface area (Å²) in [4.78, 5) is 17.4. The number of nitrogens with zero attached hydrogens (tertiary/aromatic N) is 5. The van der Waals surface area contributed by atoms with Gasteiger partial charge in [0.25, 0.3) is 6.43 Å². The number of alkyl halides is 2. The zero-order chi connectivity index (χ0) is 22.1. The van der Waals surface area contributed by atoms with Crippen molar-refractivity contribution in [1.82, 2.24) is 19.9 Å². The van der Waals surface area contributed by atoms with Crippen LogP contribution in [-0.2, 0) is 0 Å². The molecule has 0 radical (unpaired) electrons. The Kier molecular flexibility index (Phi) is 6.15. The molecule has 0 saturated carbocycles. The first-order valence-electron chi connectivity index (χ1n) is 9.93. The van der Waals surface area contributed by atoms with Gasteiger partial charge < -0.3 is 15.1 Å².